The van der Waals surface area contributed by atoms with Crippen molar-refractivity contribution in [1.82, 2.24) is 9.80 Å². The van der Waals surface area contributed by atoms with Gasteiger partial charge in [-0.2, -0.15) is 0 Å². The number of hydrogen-bond donors (Lipinski definition) is 1. The van der Waals surface area contributed by atoms with Gasteiger partial charge < -0.3 is 10.0 Å². The number of aliphatic hydroxyl groups is 1. The highest BCUT2D eigenvalue weighted by molar-refractivity contribution is 7.91. The van der Waals surface area contributed by atoms with Crippen molar-refractivity contribution in [3.05, 3.63) is 0 Å². The Balaban J connectivity index is 1.86. The molecule has 0 aromatic rings. The molecule has 2 aliphatic rings. The number of likely N-dealkylation sites (tertiary alicyclic amines) is 1. The summed E-state index contributed by atoms with van der Waals surface area (Å²) in [7, 11) is -2.96. The molecule has 0 bridgehead atoms. The average Bonchev–Trinajstić information content (AvgIpc) is 2.64. The number of carbonyl (C=O) groups is 1. The second kappa shape index (κ2) is 5.76. The first-order chi connectivity index (χ1) is 8.95. The third-order valence-corrected chi connectivity index (χ3v) is 5.71. The topological polar surface area (TPSA) is 77.9 Å². The van der Waals surface area contributed by atoms with Gasteiger partial charge in [0.2, 0.25) is 5.91 Å². The zero-order chi connectivity index (χ0) is 14.0. The number of likely N-dealkylation sites (N-methyl/N-ethyl adjacent to an activating group) is 1. The van der Waals surface area contributed by atoms with Crippen molar-refractivity contribution in [3.8, 4) is 0 Å². The van der Waals surface area contributed by atoms with Gasteiger partial charge in [-0.25, -0.2) is 8.42 Å². The van der Waals surface area contributed by atoms with Gasteiger partial charge in [-0.15, -0.1) is 0 Å². The molecule has 19 heavy (non-hydrogen) atoms. The summed E-state index contributed by atoms with van der Waals surface area (Å²) >= 11 is 0. The molecule has 1 atom stereocenters. The molecule has 2 rings (SSSR count). The van der Waals surface area contributed by atoms with Crippen LogP contribution in [0.3, 0.4) is 0 Å². The lowest BCUT2D eigenvalue weighted by Gasteiger charge is -2.39. The molecule has 1 amide bonds. The molecule has 0 aromatic heterocycles. The first-order valence-electron chi connectivity index (χ1n) is 6.78. The van der Waals surface area contributed by atoms with Crippen molar-refractivity contribution in [2.45, 2.75) is 19.4 Å². The van der Waals surface area contributed by atoms with E-state index in [4.69, 9.17) is 5.11 Å². The van der Waals surface area contributed by atoms with Crippen molar-refractivity contribution in [3.63, 3.8) is 0 Å². The lowest BCUT2D eigenvalue weighted by molar-refractivity contribution is -0.136. The van der Waals surface area contributed by atoms with Crippen LogP contribution in [0, 0.1) is 5.92 Å². The summed E-state index contributed by atoms with van der Waals surface area (Å²) in [5.41, 5.74) is 0. The number of amides is 1. The molecule has 7 heteroatoms. The van der Waals surface area contributed by atoms with Gasteiger partial charge in [0.1, 0.15) is 0 Å². The van der Waals surface area contributed by atoms with Gasteiger partial charge in [-0.1, -0.05) is 0 Å². The predicted octanol–water partition coefficient (Wildman–Crippen LogP) is -1.05. The summed E-state index contributed by atoms with van der Waals surface area (Å²) in [4.78, 5) is 15.9. The molecule has 1 unspecified atom stereocenters. The van der Waals surface area contributed by atoms with E-state index in [1.54, 1.807) is 4.90 Å². The van der Waals surface area contributed by atoms with Crippen LogP contribution in [0.5, 0.6) is 0 Å². The standard InChI is InChI=1S/C12H22N2O4S/c1-2-14(11-3-4-19(17,18)9-11)12(16)7-13-5-10(6-13)8-15/h10-11,15H,2-9H2,1H3. The first-order valence-corrected chi connectivity index (χ1v) is 8.60. The Kier molecular flexibility index (Phi) is 4.47. The zero-order valence-electron chi connectivity index (χ0n) is 11.3. The van der Waals surface area contributed by atoms with Gasteiger partial charge in [0.15, 0.2) is 9.84 Å². The lowest BCUT2D eigenvalue weighted by atomic mass is 10.0. The SMILES string of the molecule is CCN(C(=O)CN1CC(CO)C1)C1CCS(=O)(=O)C1. The smallest absolute Gasteiger partial charge is 0.237 e. The number of sulfone groups is 1. The number of rotatable bonds is 5. The second-order valence-electron chi connectivity index (χ2n) is 5.48. The molecular weight excluding hydrogens is 268 g/mol. The molecule has 2 saturated heterocycles. The van der Waals surface area contributed by atoms with Gasteiger partial charge in [0, 0.05) is 38.2 Å². The van der Waals surface area contributed by atoms with Crippen LogP contribution in [0.15, 0.2) is 0 Å². The van der Waals surface area contributed by atoms with E-state index < -0.39 is 9.84 Å². The third-order valence-electron chi connectivity index (χ3n) is 3.96. The second-order valence-corrected chi connectivity index (χ2v) is 7.71. The predicted molar refractivity (Wildman–Crippen MR) is 71.5 cm³/mol. The highest BCUT2D eigenvalue weighted by Crippen LogP contribution is 2.19. The first kappa shape index (κ1) is 14.7. The Morgan fingerprint density at radius 3 is 2.58 bits per heavy atom. The Bertz CT molecular complexity index is 431. The fourth-order valence-electron chi connectivity index (χ4n) is 2.86. The summed E-state index contributed by atoms with van der Waals surface area (Å²) in [6.07, 6.45) is 0.557. The Labute approximate surface area is 114 Å². The minimum absolute atomic E-state index is 0.000916. The summed E-state index contributed by atoms with van der Waals surface area (Å²) < 4.78 is 23.0. The minimum atomic E-state index is -2.96. The van der Waals surface area contributed by atoms with E-state index in [0.29, 0.717) is 19.5 Å². The number of hydrogen-bond acceptors (Lipinski definition) is 5. The maximum atomic E-state index is 12.2. The highest BCUT2D eigenvalue weighted by atomic mass is 32.2. The van der Waals surface area contributed by atoms with E-state index in [2.05, 4.69) is 0 Å². The largest absolute Gasteiger partial charge is 0.396 e. The monoisotopic (exact) mass is 290 g/mol. The molecule has 2 fully saturated rings. The van der Waals surface area contributed by atoms with Gasteiger partial charge >= 0.3 is 0 Å². The fourth-order valence-corrected chi connectivity index (χ4v) is 4.59. The van der Waals surface area contributed by atoms with E-state index >= 15 is 0 Å². The molecule has 2 aliphatic heterocycles. The van der Waals surface area contributed by atoms with Crippen LogP contribution in [-0.2, 0) is 14.6 Å². The fraction of sp³-hybridized carbons (Fsp3) is 0.917. The third kappa shape index (κ3) is 3.46. The Hall–Kier alpha value is -0.660. The van der Waals surface area contributed by atoms with Crippen LogP contribution in [0.2, 0.25) is 0 Å². The van der Waals surface area contributed by atoms with Crippen LogP contribution in [-0.4, -0.2) is 79.6 Å². The summed E-state index contributed by atoms with van der Waals surface area (Å²) in [5, 5.41) is 8.93. The number of aliphatic hydroxyl groups excluding tert-OH is 1. The molecule has 0 aliphatic carbocycles. The molecule has 6 nitrogen and oxygen atoms in total. The van der Waals surface area contributed by atoms with E-state index in [9.17, 15) is 13.2 Å². The zero-order valence-corrected chi connectivity index (χ0v) is 12.1. The van der Waals surface area contributed by atoms with E-state index in [0.717, 1.165) is 13.1 Å². The van der Waals surface area contributed by atoms with Crippen LogP contribution in [0.25, 0.3) is 0 Å². The van der Waals surface area contributed by atoms with E-state index in [-0.39, 0.29) is 36.0 Å². The molecule has 0 spiro atoms. The molecule has 0 saturated carbocycles. The maximum Gasteiger partial charge on any atom is 0.237 e. The average molecular weight is 290 g/mol. The van der Waals surface area contributed by atoms with Crippen LogP contribution in [0.1, 0.15) is 13.3 Å². The van der Waals surface area contributed by atoms with E-state index in [1.165, 1.54) is 0 Å². The van der Waals surface area contributed by atoms with Crippen molar-refractivity contribution in [1.29, 1.82) is 0 Å². The summed E-state index contributed by atoms with van der Waals surface area (Å²) in [6.45, 7) is 4.45. The lowest BCUT2D eigenvalue weighted by Crippen LogP contribution is -2.54. The highest BCUT2D eigenvalue weighted by Gasteiger charge is 2.35. The molecule has 0 radical (unpaired) electrons. The van der Waals surface area contributed by atoms with Gasteiger partial charge in [-0.3, -0.25) is 9.69 Å². The van der Waals surface area contributed by atoms with Crippen LogP contribution in [0.4, 0.5) is 0 Å². The Morgan fingerprint density at radius 2 is 2.11 bits per heavy atom. The molecule has 110 valence electrons. The molecular formula is C12H22N2O4S. The van der Waals surface area contributed by atoms with Gasteiger partial charge in [-0.05, 0) is 13.3 Å². The maximum absolute atomic E-state index is 12.2. The molecule has 2 heterocycles. The molecule has 1 N–H and O–H groups in total. The number of nitrogens with zero attached hydrogens (tertiary/aromatic N) is 2. The van der Waals surface area contributed by atoms with Crippen LogP contribution < -0.4 is 0 Å². The van der Waals surface area contributed by atoms with Crippen molar-refractivity contribution >= 4 is 15.7 Å². The van der Waals surface area contributed by atoms with Crippen molar-refractivity contribution in [2.24, 2.45) is 5.92 Å². The number of carbonyl (C=O) groups excluding carboxylic acids is 1. The summed E-state index contributed by atoms with van der Waals surface area (Å²) in [5.74, 6) is 0.583. The van der Waals surface area contributed by atoms with Crippen LogP contribution >= 0.6 is 0 Å². The van der Waals surface area contributed by atoms with E-state index in [1.807, 2.05) is 11.8 Å². The summed E-state index contributed by atoms with van der Waals surface area (Å²) in [6, 6.07) is -0.155. The normalized spacial score (nSPS) is 27.2. The van der Waals surface area contributed by atoms with Crippen molar-refractivity contribution in [2.75, 3.05) is 44.3 Å². The minimum Gasteiger partial charge on any atom is -0.396 e. The molecule has 0 aromatic carbocycles. The Morgan fingerprint density at radius 1 is 1.42 bits per heavy atom. The van der Waals surface area contributed by atoms with Gasteiger partial charge in [0.05, 0.1) is 18.1 Å². The van der Waals surface area contributed by atoms with Crippen molar-refractivity contribution < 1.29 is 18.3 Å². The quantitative estimate of drug-likeness (QED) is 0.699. The van der Waals surface area contributed by atoms with Gasteiger partial charge in [0.25, 0.3) is 0 Å².